The number of nitrogens with zero attached hydrogens (tertiary/aromatic N) is 5. The van der Waals surface area contributed by atoms with Crippen LogP contribution in [0.25, 0.3) is 0 Å². The number of aromatic nitrogens is 3. The van der Waals surface area contributed by atoms with E-state index in [0.29, 0.717) is 44.6 Å². The number of rotatable bonds is 6. The Hall–Kier alpha value is -2.32. The first-order chi connectivity index (χ1) is 12.6. The van der Waals surface area contributed by atoms with Gasteiger partial charge >= 0.3 is 0 Å². The second-order valence-electron chi connectivity index (χ2n) is 6.74. The fraction of sp³-hybridized carbons (Fsp3) is 0.556. The SMILES string of the molecule is CC(C)c1nc(CN(C)C(=O)[C@H](c2cccnc2)N2CCOCC2)no1. The number of hydrogen-bond donors (Lipinski definition) is 0. The van der Waals surface area contributed by atoms with Crippen LogP contribution in [0.3, 0.4) is 0 Å². The van der Waals surface area contributed by atoms with Gasteiger partial charge in [0, 0.05) is 38.4 Å². The Labute approximate surface area is 153 Å². The fourth-order valence-corrected chi connectivity index (χ4v) is 2.95. The third kappa shape index (κ3) is 4.25. The maximum atomic E-state index is 13.2. The van der Waals surface area contributed by atoms with Crippen LogP contribution in [0.15, 0.2) is 29.0 Å². The highest BCUT2D eigenvalue weighted by Crippen LogP contribution is 2.24. The third-order valence-electron chi connectivity index (χ3n) is 4.38. The van der Waals surface area contributed by atoms with Crippen LogP contribution in [0.5, 0.6) is 0 Å². The highest BCUT2D eigenvalue weighted by atomic mass is 16.5. The van der Waals surface area contributed by atoms with Gasteiger partial charge in [0.25, 0.3) is 0 Å². The summed E-state index contributed by atoms with van der Waals surface area (Å²) < 4.78 is 10.7. The minimum Gasteiger partial charge on any atom is -0.379 e. The number of morpholine rings is 1. The molecule has 0 aliphatic carbocycles. The molecule has 0 bridgehead atoms. The Morgan fingerprint density at radius 1 is 1.35 bits per heavy atom. The van der Waals surface area contributed by atoms with E-state index in [1.807, 2.05) is 26.0 Å². The molecule has 1 fully saturated rings. The molecule has 1 aliphatic rings. The molecule has 0 radical (unpaired) electrons. The maximum absolute atomic E-state index is 13.2. The van der Waals surface area contributed by atoms with Crippen molar-refractivity contribution < 1.29 is 14.1 Å². The predicted octanol–water partition coefficient (Wildman–Crippen LogP) is 1.62. The molecule has 1 atom stereocenters. The van der Waals surface area contributed by atoms with Gasteiger partial charge in [0.2, 0.25) is 11.8 Å². The van der Waals surface area contributed by atoms with Crippen LogP contribution in [0.1, 0.15) is 43.1 Å². The molecule has 2 aromatic rings. The highest BCUT2D eigenvalue weighted by molar-refractivity contribution is 5.83. The zero-order valence-corrected chi connectivity index (χ0v) is 15.5. The van der Waals surface area contributed by atoms with Crippen molar-refractivity contribution in [2.75, 3.05) is 33.4 Å². The van der Waals surface area contributed by atoms with Gasteiger partial charge in [0.1, 0.15) is 6.04 Å². The van der Waals surface area contributed by atoms with Crippen molar-refractivity contribution in [2.45, 2.75) is 32.4 Å². The summed E-state index contributed by atoms with van der Waals surface area (Å²) in [5.41, 5.74) is 0.877. The summed E-state index contributed by atoms with van der Waals surface area (Å²) >= 11 is 0. The van der Waals surface area contributed by atoms with Crippen LogP contribution < -0.4 is 0 Å². The molecule has 8 heteroatoms. The molecular weight excluding hydrogens is 334 g/mol. The summed E-state index contributed by atoms with van der Waals surface area (Å²) in [5, 5.41) is 3.98. The molecule has 2 aromatic heterocycles. The zero-order valence-electron chi connectivity index (χ0n) is 15.5. The molecule has 8 nitrogen and oxygen atoms in total. The van der Waals surface area contributed by atoms with Crippen molar-refractivity contribution in [3.8, 4) is 0 Å². The molecule has 1 saturated heterocycles. The zero-order chi connectivity index (χ0) is 18.5. The Morgan fingerprint density at radius 2 is 2.12 bits per heavy atom. The van der Waals surface area contributed by atoms with Gasteiger partial charge < -0.3 is 14.2 Å². The average Bonchev–Trinajstić information content (AvgIpc) is 3.12. The Bertz CT molecular complexity index is 713. The molecule has 0 spiro atoms. The molecule has 1 amide bonds. The minimum atomic E-state index is -0.394. The number of likely N-dealkylation sites (N-methyl/N-ethyl adjacent to an activating group) is 1. The van der Waals surface area contributed by atoms with E-state index in [1.54, 1.807) is 24.3 Å². The number of hydrogen-bond acceptors (Lipinski definition) is 7. The van der Waals surface area contributed by atoms with Crippen LogP contribution >= 0.6 is 0 Å². The molecule has 0 unspecified atom stereocenters. The van der Waals surface area contributed by atoms with Crippen molar-refractivity contribution in [3.05, 3.63) is 41.8 Å². The molecule has 140 valence electrons. The van der Waals surface area contributed by atoms with Gasteiger partial charge in [0.05, 0.1) is 19.8 Å². The first kappa shape index (κ1) is 18.5. The number of carbonyl (C=O) groups is 1. The van der Waals surface area contributed by atoms with Crippen molar-refractivity contribution in [1.29, 1.82) is 0 Å². The van der Waals surface area contributed by atoms with Gasteiger partial charge in [-0.1, -0.05) is 25.1 Å². The van der Waals surface area contributed by atoms with Gasteiger partial charge in [0.15, 0.2) is 5.82 Å². The molecule has 1 aliphatic heterocycles. The van der Waals surface area contributed by atoms with Crippen LogP contribution in [0.2, 0.25) is 0 Å². The van der Waals surface area contributed by atoms with Crippen molar-refractivity contribution in [2.24, 2.45) is 0 Å². The smallest absolute Gasteiger partial charge is 0.244 e. The van der Waals surface area contributed by atoms with Crippen molar-refractivity contribution in [1.82, 2.24) is 24.9 Å². The van der Waals surface area contributed by atoms with Gasteiger partial charge in [-0.15, -0.1) is 0 Å². The van der Waals surface area contributed by atoms with E-state index in [0.717, 1.165) is 5.56 Å². The Kier molecular flexibility index (Phi) is 5.95. The minimum absolute atomic E-state index is 0.0178. The lowest BCUT2D eigenvalue weighted by Gasteiger charge is -2.35. The van der Waals surface area contributed by atoms with E-state index in [9.17, 15) is 4.79 Å². The van der Waals surface area contributed by atoms with Crippen LogP contribution in [0, 0.1) is 0 Å². The van der Waals surface area contributed by atoms with Gasteiger partial charge in [-0.3, -0.25) is 14.7 Å². The van der Waals surface area contributed by atoms with E-state index >= 15 is 0 Å². The quantitative estimate of drug-likeness (QED) is 0.775. The Morgan fingerprint density at radius 3 is 2.73 bits per heavy atom. The topological polar surface area (TPSA) is 84.6 Å². The largest absolute Gasteiger partial charge is 0.379 e. The van der Waals surface area contributed by atoms with Crippen molar-refractivity contribution >= 4 is 5.91 Å². The lowest BCUT2D eigenvalue weighted by atomic mass is 10.1. The summed E-state index contributed by atoms with van der Waals surface area (Å²) in [6, 6.07) is 3.39. The van der Waals surface area contributed by atoms with Crippen molar-refractivity contribution in [3.63, 3.8) is 0 Å². The van der Waals surface area contributed by atoms with E-state index in [1.165, 1.54) is 0 Å². The molecule has 0 N–H and O–H groups in total. The lowest BCUT2D eigenvalue weighted by Crippen LogP contribution is -2.46. The van der Waals surface area contributed by atoms with Crippen LogP contribution in [-0.4, -0.2) is 64.2 Å². The summed E-state index contributed by atoms with van der Waals surface area (Å²) in [6.45, 7) is 6.94. The van der Waals surface area contributed by atoms with Gasteiger partial charge in [-0.25, -0.2) is 0 Å². The standard InChI is InChI=1S/C18H25N5O3/c1-13(2)17-20-15(21-26-17)12-22(3)18(24)16(14-5-4-6-19-11-14)23-7-9-25-10-8-23/h4-6,11,13,16H,7-10,12H2,1-3H3/t16-/m0/s1. The molecule has 3 rings (SSSR count). The maximum Gasteiger partial charge on any atom is 0.244 e. The second kappa shape index (κ2) is 8.37. The first-order valence-electron chi connectivity index (χ1n) is 8.85. The molecular formula is C18H25N5O3. The number of amides is 1. The normalized spacial score (nSPS) is 16.6. The van der Waals surface area contributed by atoms with Crippen LogP contribution in [-0.2, 0) is 16.1 Å². The van der Waals surface area contributed by atoms with Gasteiger partial charge in [-0.2, -0.15) is 4.98 Å². The molecule has 0 saturated carbocycles. The molecule has 3 heterocycles. The first-order valence-corrected chi connectivity index (χ1v) is 8.85. The summed E-state index contributed by atoms with van der Waals surface area (Å²) in [4.78, 5) is 25.5. The third-order valence-corrected chi connectivity index (χ3v) is 4.38. The highest BCUT2D eigenvalue weighted by Gasteiger charge is 2.31. The average molecular weight is 359 g/mol. The van der Waals surface area contributed by atoms with E-state index < -0.39 is 6.04 Å². The predicted molar refractivity (Wildman–Crippen MR) is 94.2 cm³/mol. The van der Waals surface area contributed by atoms with E-state index in [-0.39, 0.29) is 11.8 Å². The van der Waals surface area contributed by atoms with E-state index in [2.05, 4.69) is 20.0 Å². The lowest BCUT2D eigenvalue weighted by molar-refractivity contribution is -0.138. The fourth-order valence-electron chi connectivity index (χ4n) is 2.95. The summed E-state index contributed by atoms with van der Waals surface area (Å²) in [6.07, 6.45) is 3.46. The van der Waals surface area contributed by atoms with E-state index in [4.69, 9.17) is 9.26 Å². The number of carbonyl (C=O) groups excluding carboxylic acids is 1. The monoisotopic (exact) mass is 359 g/mol. The number of ether oxygens (including phenoxy) is 1. The summed E-state index contributed by atoms with van der Waals surface area (Å²) in [7, 11) is 1.76. The Balaban J connectivity index is 1.77. The van der Waals surface area contributed by atoms with Gasteiger partial charge in [-0.05, 0) is 11.6 Å². The van der Waals surface area contributed by atoms with Crippen LogP contribution in [0.4, 0.5) is 0 Å². The summed E-state index contributed by atoms with van der Waals surface area (Å²) in [5.74, 6) is 1.24. The second-order valence-corrected chi connectivity index (χ2v) is 6.74. The molecule has 26 heavy (non-hydrogen) atoms. The number of pyridine rings is 1. The molecule has 0 aromatic carbocycles.